The van der Waals surface area contributed by atoms with Crippen molar-refractivity contribution in [3.63, 3.8) is 0 Å². The third kappa shape index (κ3) is 3.50. The van der Waals surface area contributed by atoms with E-state index in [1.54, 1.807) is 36.4 Å². The maximum absolute atomic E-state index is 13.1. The molecule has 1 N–H and O–H groups in total. The molecule has 0 aliphatic carbocycles. The van der Waals surface area contributed by atoms with Gasteiger partial charge < -0.3 is 5.32 Å². The van der Waals surface area contributed by atoms with Crippen LogP contribution in [0.25, 0.3) is 0 Å². The molecule has 1 aliphatic heterocycles. The fourth-order valence-corrected chi connectivity index (χ4v) is 2.70. The second kappa shape index (κ2) is 6.36. The first-order valence-corrected chi connectivity index (χ1v) is 7.84. The molecular formula is C19H17FN4O. The zero-order valence-electron chi connectivity index (χ0n) is 14.0. The first-order valence-electron chi connectivity index (χ1n) is 7.84. The van der Waals surface area contributed by atoms with Crippen molar-refractivity contribution in [2.75, 3.05) is 5.32 Å². The third-order valence-corrected chi connectivity index (χ3v) is 4.03. The van der Waals surface area contributed by atoms with E-state index in [9.17, 15) is 9.18 Å². The van der Waals surface area contributed by atoms with E-state index < -0.39 is 5.54 Å². The quantitative estimate of drug-likeness (QED) is 0.896. The summed E-state index contributed by atoms with van der Waals surface area (Å²) in [7, 11) is 0. The lowest BCUT2D eigenvalue weighted by atomic mass is 9.95. The van der Waals surface area contributed by atoms with Gasteiger partial charge in [0.05, 0.1) is 22.9 Å². The highest BCUT2D eigenvalue weighted by Gasteiger charge is 2.38. The molecule has 2 aromatic carbocycles. The Labute approximate surface area is 145 Å². The average Bonchev–Trinajstić information content (AvgIpc) is 2.91. The predicted octanol–water partition coefficient (Wildman–Crippen LogP) is 4.12. The molecular weight excluding hydrogens is 319 g/mol. The number of carbonyl (C=O) groups excluding carboxylic acids is 1. The van der Waals surface area contributed by atoms with Crippen LogP contribution in [0.3, 0.4) is 0 Å². The van der Waals surface area contributed by atoms with Crippen molar-refractivity contribution in [3.05, 3.63) is 65.5 Å². The Morgan fingerprint density at radius 1 is 1.20 bits per heavy atom. The minimum atomic E-state index is -0.500. The minimum absolute atomic E-state index is 0.308. The van der Waals surface area contributed by atoms with Gasteiger partial charge in [-0.1, -0.05) is 12.1 Å². The number of anilines is 1. The zero-order chi connectivity index (χ0) is 18.0. The number of nitriles is 1. The van der Waals surface area contributed by atoms with E-state index in [4.69, 9.17) is 5.26 Å². The van der Waals surface area contributed by atoms with Gasteiger partial charge in [0.2, 0.25) is 0 Å². The molecule has 126 valence electrons. The number of hydrogen-bond acceptors (Lipinski definition) is 3. The molecule has 0 spiro atoms. The molecule has 0 unspecified atom stereocenters. The molecule has 5 nitrogen and oxygen atoms in total. The number of hydrogen-bond donors (Lipinski definition) is 1. The van der Waals surface area contributed by atoms with Crippen molar-refractivity contribution >= 4 is 17.4 Å². The highest BCUT2D eigenvalue weighted by atomic mass is 19.1. The van der Waals surface area contributed by atoms with Crippen molar-refractivity contribution in [2.45, 2.75) is 25.8 Å². The second-order valence-corrected chi connectivity index (χ2v) is 6.47. The van der Waals surface area contributed by atoms with Crippen LogP contribution < -0.4 is 5.32 Å². The molecule has 0 fully saturated rings. The van der Waals surface area contributed by atoms with Crippen molar-refractivity contribution in [3.8, 4) is 6.07 Å². The van der Waals surface area contributed by atoms with Crippen LogP contribution in [0.5, 0.6) is 0 Å². The highest BCUT2D eigenvalue weighted by Crippen LogP contribution is 2.30. The summed E-state index contributed by atoms with van der Waals surface area (Å²) in [4.78, 5) is 12.6. The topological polar surface area (TPSA) is 68.5 Å². The summed E-state index contributed by atoms with van der Waals surface area (Å²) in [5.41, 5.74) is 2.14. The van der Waals surface area contributed by atoms with E-state index in [2.05, 4.69) is 10.4 Å². The van der Waals surface area contributed by atoms with E-state index in [1.807, 2.05) is 19.9 Å². The number of benzene rings is 2. The van der Waals surface area contributed by atoms with Crippen molar-refractivity contribution < 1.29 is 9.18 Å². The van der Waals surface area contributed by atoms with Crippen molar-refractivity contribution in [2.24, 2.45) is 5.10 Å². The lowest BCUT2D eigenvalue weighted by Crippen LogP contribution is -2.43. The zero-order valence-corrected chi connectivity index (χ0v) is 14.0. The standard InChI is InChI=1S/C19H17FN4O/c1-19(2)11-17(14-5-7-15(20)8-6-14)23-24(19)18(25)22-16-9-3-13(12-21)4-10-16/h3-10H,11H2,1-2H3,(H,22,25). The summed E-state index contributed by atoms with van der Waals surface area (Å²) < 4.78 is 13.1. The van der Waals surface area contributed by atoms with Gasteiger partial charge >= 0.3 is 6.03 Å². The van der Waals surface area contributed by atoms with Crippen LogP contribution in [0.1, 0.15) is 31.4 Å². The van der Waals surface area contributed by atoms with Gasteiger partial charge in [0.15, 0.2) is 0 Å². The molecule has 2 aromatic rings. The van der Waals surface area contributed by atoms with Gasteiger partial charge in [0.1, 0.15) is 5.82 Å². The summed E-state index contributed by atoms with van der Waals surface area (Å²) in [5.74, 6) is -0.308. The lowest BCUT2D eigenvalue weighted by Gasteiger charge is -2.28. The van der Waals surface area contributed by atoms with Crippen LogP contribution in [-0.2, 0) is 0 Å². The van der Waals surface area contributed by atoms with Gasteiger partial charge in [-0.05, 0) is 55.8 Å². The predicted molar refractivity (Wildman–Crippen MR) is 93.6 cm³/mol. The fraction of sp³-hybridized carbons (Fsp3) is 0.211. The van der Waals surface area contributed by atoms with Crippen LogP contribution >= 0.6 is 0 Å². The first-order chi connectivity index (χ1) is 11.9. The largest absolute Gasteiger partial charge is 0.342 e. The molecule has 0 radical (unpaired) electrons. The summed E-state index contributed by atoms with van der Waals surface area (Å²) in [6.07, 6.45) is 0.569. The molecule has 0 saturated heterocycles. The van der Waals surface area contributed by atoms with E-state index in [0.29, 0.717) is 17.7 Å². The first kappa shape index (κ1) is 16.7. The fourth-order valence-electron chi connectivity index (χ4n) is 2.70. The lowest BCUT2D eigenvalue weighted by molar-refractivity contribution is 0.167. The summed E-state index contributed by atoms with van der Waals surface area (Å²) in [6, 6.07) is 14.4. The number of amides is 2. The van der Waals surface area contributed by atoms with Gasteiger partial charge in [-0.2, -0.15) is 10.4 Å². The van der Waals surface area contributed by atoms with Gasteiger partial charge in [-0.15, -0.1) is 0 Å². The van der Waals surface area contributed by atoms with E-state index >= 15 is 0 Å². The Bertz CT molecular complexity index is 864. The Balaban J connectivity index is 1.80. The van der Waals surface area contributed by atoms with Crippen molar-refractivity contribution in [1.82, 2.24) is 5.01 Å². The van der Waals surface area contributed by atoms with E-state index in [0.717, 1.165) is 11.3 Å². The molecule has 0 saturated carbocycles. The van der Waals surface area contributed by atoms with Crippen LogP contribution in [0.15, 0.2) is 53.6 Å². The van der Waals surface area contributed by atoms with Gasteiger partial charge in [0, 0.05) is 12.1 Å². The van der Waals surface area contributed by atoms with Gasteiger partial charge in [0.25, 0.3) is 0 Å². The Morgan fingerprint density at radius 3 is 2.44 bits per heavy atom. The second-order valence-electron chi connectivity index (χ2n) is 6.47. The maximum atomic E-state index is 13.1. The monoisotopic (exact) mass is 336 g/mol. The number of nitrogens with one attached hydrogen (secondary N) is 1. The molecule has 3 rings (SSSR count). The molecule has 2 amide bonds. The van der Waals surface area contributed by atoms with E-state index in [-0.39, 0.29) is 11.8 Å². The average molecular weight is 336 g/mol. The van der Waals surface area contributed by atoms with Crippen molar-refractivity contribution in [1.29, 1.82) is 5.26 Å². The number of rotatable bonds is 2. The number of halogens is 1. The summed E-state index contributed by atoms with van der Waals surface area (Å²) in [5, 5.41) is 17.4. The molecule has 0 bridgehead atoms. The summed E-state index contributed by atoms with van der Waals surface area (Å²) in [6.45, 7) is 3.84. The summed E-state index contributed by atoms with van der Waals surface area (Å²) >= 11 is 0. The molecule has 25 heavy (non-hydrogen) atoms. The number of urea groups is 1. The van der Waals surface area contributed by atoms with E-state index in [1.165, 1.54) is 17.1 Å². The Kier molecular flexibility index (Phi) is 4.24. The Hall–Kier alpha value is -3.20. The molecule has 0 atom stereocenters. The van der Waals surface area contributed by atoms with Gasteiger partial charge in [-0.25, -0.2) is 14.2 Å². The van der Waals surface area contributed by atoms with Crippen LogP contribution in [0, 0.1) is 17.1 Å². The molecule has 0 aromatic heterocycles. The smallest absolute Gasteiger partial charge is 0.306 e. The number of hydrazone groups is 1. The third-order valence-electron chi connectivity index (χ3n) is 4.03. The SMILES string of the molecule is CC1(C)CC(c2ccc(F)cc2)=NN1C(=O)Nc1ccc(C#N)cc1. The number of carbonyl (C=O) groups is 1. The Morgan fingerprint density at radius 2 is 1.84 bits per heavy atom. The number of nitrogens with zero attached hydrogens (tertiary/aromatic N) is 3. The normalized spacial score (nSPS) is 15.4. The highest BCUT2D eigenvalue weighted by molar-refractivity contribution is 6.04. The van der Waals surface area contributed by atoms with Crippen LogP contribution in [0.4, 0.5) is 14.9 Å². The maximum Gasteiger partial charge on any atom is 0.342 e. The molecule has 6 heteroatoms. The minimum Gasteiger partial charge on any atom is -0.306 e. The van der Waals surface area contributed by atoms with Crippen LogP contribution in [-0.4, -0.2) is 22.3 Å². The van der Waals surface area contributed by atoms with Gasteiger partial charge in [-0.3, -0.25) is 0 Å². The molecule has 1 heterocycles. The molecule has 1 aliphatic rings. The van der Waals surface area contributed by atoms with Crippen LogP contribution in [0.2, 0.25) is 0 Å².